The number of tetrazole rings is 1. The van der Waals surface area contributed by atoms with Crippen molar-refractivity contribution in [2.24, 2.45) is 0 Å². The second kappa shape index (κ2) is 7.99. The van der Waals surface area contributed by atoms with Gasteiger partial charge in [-0.25, -0.2) is 0 Å². The van der Waals surface area contributed by atoms with E-state index in [4.69, 9.17) is 0 Å². The first-order valence-electron chi connectivity index (χ1n) is 9.14. The van der Waals surface area contributed by atoms with Gasteiger partial charge in [-0.3, -0.25) is 14.3 Å². The standard InChI is InChI=1S/C18H20N8O2/c27-17(21-13-5-1-2-6-13)11-25-10-14(9-20-25)22-18(28)15-7-3-4-8-16(15)26-12-19-23-24-26/h3-4,7-10,12-13H,1-2,5-6,11H2,(H,21,27)(H,22,28). The maximum Gasteiger partial charge on any atom is 0.257 e. The molecule has 2 N–H and O–H groups in total. The Morgan fingerprint density at radius 1 is 1.18 bits per heavy atom. The van der Waals surface area contributed by atoms with E-state index in [9.17, 15) is 9.59 Å². The van der Waals surface area contributed by atoms with Crippen molar-refractivity contribution in [3.63, 3.8) is 0 Å². The molecule has 4 rings (SSSR count). The number of hydrogen-bond donors (Lipinski definition) is 2. The van der Waals surface area contributed by atoms with Crippen LogP contribution in [-0.2, 0) is 11.3 Å². The van der Waals surface area contributed by atoms with Crippen molar-refractivity contribution in [1.29, 1.82) is 0 Å². The smallest absolute Gasteiger partial charge is 0.257 e. The number of carbonyl (C=O) groups excluding carboxylic acids is 2. The molecule has 1 aromatic carbocycles. The van der Waals surface area contributed by atoms with Crippen LogP contribution >= 0.6 is 0 Å². The number of rotatable bonds is 6. The molecule has 1 fully saturated rings. The molecular formula is C18H20N8O2. The van der Waals surface area contributed by atoms with Crippen LogP contribution in [-0.4, -0.2) is 47.8 Å². The highest BCUT2D eigenvalue weighted by atomic mass is 16.2. The average molecular weight is 380 g/mol. The molecule has 10 heteroatoms. The van der Waals surface area contributed by atoms with Crippen LogP contribution in [0.4, 0.5) is 5.69 Å². The molecule has 0 spiro atoms. The lowest BCUT2D eigenvalue weighted by molar-refractivity contribution is -0.122. The molecule has 2 aromatic heterocycles. The van der Waals surface area contributed by atoms with Gasteiger partial charge in [0.05, 0.1) is 23.1 Å². The van der Waals surface area contributed by atoms with Crippen LogP contribution in [0.1, 0.15) is 36.0 Å². The Hall–Kier alpha value is -3.56. The zero-order valence-electron chi connectivity index (χ0n) is 15.2. The van der Waals surface area contributed by atoms with Gasteiger partial charge < -0.3 is 10.6 Å². The summed E-state index contributed by atoms with van der Waals surface area (Å²) in [7, 11) is 0. The summed E-state index contributed by atoms with van der Waals surface area (Å²) < 4.78 is 2.93. The molecule has 0 unspecified atom stereocenters. The second-order valence-corrected chi connectivity index (χ2v) is 6.70. The summed E-state index contributed by atoms with van der Waals surface area (Å²) in [6, 6.07) is 7.27. The van der Waals surface area contributed by atoms with Gasteiger partial charge in [0, 0.05) is 12.2 Å². The third kappa shape index (κ3) is 4.05. The lowest BCUT2D eigenvalue weighted by Gasteiger charge is -2.11. The summed E-state index contributed by atoms with van der Waals surface area (Å²) in [5.74, 6) is -0.391. The van der Waals surface area contributed by atoms with Crippen LogP contribution in [0.25, 0.3) is 5.69 Å². The molecule has 2 amide bonds. The fourth-order valence-electron chi connectivity index (χ4n) is 3.34. The molecule has 3 aromatic rings. The first kappa shape index (κ1) is 17.8. The van der Waals surface area contributed by atoms with Crippen LogP contribution in [0.5, 0.6) is 0 Å². The molecule has 0 radical (unpaired) electrons. The third-order valence-electron chi connectivity index (χ3n) is 4.66. The van der Waals surface area contributed by atoms with Gasteiger partial charge in [-0.2, -0.15) is 9.78 Å². The highest BCUT2D eigenvalue weighted by Gasteiger charge is 2.18. The van der Waals surface area contributed by atoms with Gasteiger partial charge in [0.2, 0.25) is 5.91 Å². The predicted octanol–water partition coefficient (Wildman–Crippen LogP) is 1.17. The van der Waals surface area contributed by atoms with Crippen molar-refractivity contribution in [2.75, 3.05) is 5.32 Å². The molecule has 0 aliphatic heterocycles. The fraction of sp³-hybridized carbons (Fsp3) is 0.333. The largest absolute Gasteiger partial charge is 0.352 e. The van der Waals surface area contributed by atoms with Crippen LogP contribution in [0, 0.1) is 0 Å². The lowest BCUT2D eigenvalue weighted by Crippen LogP contribution is -2.35. The molecular weight excluding hydrogens is 360 g/mol. The molecule has 144 valence electrons. The van der Waals surface area contributed by atoms with E-state index in [1.165, 1.54) is 21.9 Å². The highest BCUT2D eigenvalue weighted by Crippen LogP contribution is 2.18. The minimum Gasteiger partial charge on any atom is -0.352 e. The summed E-state index contributed by atoms with van der Waals surface area (Å²) in [4.78, 5) is 24.8. The Morgan fingerprint density at radius 2 is 2.00 bits per heavy atom. The van der Waals surface area contributed by atoms with Gasteiger partial charge in [0.25, 0.3) is 5.91 Å². The zero-order chi connectivity index (χ0) is 19.3. The number of nitrogens with zero attached hydrogens (tertiary/aromatic N) is 6. The molecule has 10 nitrogen and oxygen atoms in total. The molecule has 0 bridgehead atoms. The first-order valence-corrected chi connectivity index (χ1v) is 9.14. The Labute approximate surface area is 160 Å². The Bertz CT molecular complexity index is 960. The number of anilines is 1. The SMILES string of the molecule is O=C(Cn1cc(NC(=O)c2ccccc2-n2cnnn2)cn1)NC1CCCC1. The van der Waals surface area contributed by atoms with Gasteiger partial charge in [0.1, 0.15) is 12.9 Å². The van der Waals surface area contributed by atoms with E-state index in [0.717, 1.165) is 25.7 Å². The number of nitrogens with one attached hydrogen (secondary N) is 2. The minimum absolute atomic E-state index is 0.0723. The van der Waals surface area contributed by atoms with Crippen LogP contribution in [0.2, 0.25) is 0 Å². The molecule has 28 heavy (non-hydrogen) atoms. The summed E-state index contributed by atoms with van der Waals surface area (Å²) in [5, 5.41) is 21.0. The monoisotopic (exact) mass is 380 g/mol. The minimum atomic E-state index is -0.318. The molecule has 1 aliphatic rings. The van der Waals surface area contributed by atoms with Crippen molar-refractivity contribution in [3.8, 4) is 5.69 Å². The van der Waals surface area contributed by atoms with Crippen molar-refractivity contribution >= 4 is 17.5 Å². The summed E-state index contributed by atoms with van der Waals surface area (Å²) in [6.45, 7) is 0.119. The van der Waals surface area contributed by atoms with Crippen molar-refractivity contribution in [2.45, 2.75) is 38.3 Å². The Balaban J connectivity index is 1.40. The number of para-hydroxylation sites is 1. The van der Waals surface area contributed by atoms with Gasteiger partial charge >= 0.3 is 0 Å². The maximum absolute atomic E-state index is 12.7. The first-order chi connectivity index (χ1) is 13.7. The van der Waals surface area contributed by atoms with Crippen LogP contribution in [0.15, 0.2) is 43.0 Å². The summed E-state index contributed by atoms with van der Waals surface area (Å²) in [6.07, 6.45) is 8.96. The predicted molar refractivity (Wildman–Crippen MR) is 99.7 cm³/mol. The van der Waals surface area contributed by atoms with E-state index in [-0.39, 0.29) is 24.4 Å². The van der Waals surface area contributed by atoms with Gasteiger partial charge in [-0.1, -0.05) is 25.0 Å². The Morgan fingerprint density at radius 3 is 2.79 bits per heavy atom. The highest BCUT2D eigenvalue weighted by molar-refractivity contribution is 6.06. The lowest BCUT2D eigenvalue weighted by atomic mass is 10.1. The number of carbonyl (C=O) groups is 2. The molecule has 0 saturated heterocycles. The number of aromatic nitrogens is 6. The van der Waals surface area contributed by atoms with Gasteiger partial charge in [-0.15, -0.1) is 5.10 Å². The molecule has 2 heterocycles. The van der Waals surface area contributed by atoms with Gasteiger partial charge in [0.15, 0.2) is 0 Å². The van der Waals surface area contributed by atoms with E-state index in [2.05, 4.69) is 31.3 Å². The third-order valence-corrected chi connectivity index (χ3v) is 4.66. The normalized spacial score (nSPS) is 14.1. The Kier molecular flexibility index (Phi) is 5.09. The number of hydrogen-bond acceptors (Lipinski definition) is 6. The quantitative estimate of drug-likeness (QED) is 0.662. The van der Waals surface area contributed by atoms with Crippen molar-refractivity contribution < 1.29 is 9.59 Å². The number of benzene rings is 1. The van der Waals surface area contributed by atoms with Crippen molar-refractivity contribution in [3.05, 3.63) is 48.5 Å². The second-order valence-electron chi connectivity index (χ2n) is 6.70. The fourth-order valence-corrected chi connectivity index (χ4v) is 3.34. The summed E-state index contributed by atoms with van der Waals surface area (Å²) in [5.41, 5.74) is 1.49. The molecule has 0 atom stereocenters. The number of amides is 2. The summed E-state index contributed by atoms with van der Waals surface area (Å²) >= 11 is 0. The zero-order valence-corrected chi connectivity index (χ0v) is 15.2. The van der Waals surface area contributed by atoms with Crippen LogP contribution in [0.3, 0.4) is 0 Å². The molecule has 1 aliphatic carbocycles. The van der Waals surface area contributed by atoms with E-state index < -0.39 is 0 Å². The van der Waals surface area contributed by atoms with E-state index in [1.807, 2.05) is 0 Å². The molecule has 1 saturated carbocycles. The van der Waals surface area contributed by atoms with Gasteiger partial charge in [-0.05, 0) is 35.4 Å². The average Bonchev–Trinajstić information content (AvgIpc) is 3.45. The maximum atomic E-state index is 12.7. The van der Waals surface area contributed by atoms with E-state index in [0.29, 0.717) is 16.9 Å². The topological polar surface area (TPSA) is 120 Å². The van der Waals surface area contributed by atoms with Crippen LogP contribution < -0.4 is 10.6 Å². The van der Waals surface area contributed by atoms with E-state index >= 15 is 0 Å². The van der Waals surface area contributed by atoms with E-state index in [1.54, 1.807) is 30.5 Å². The van der Waals surface area contributed by atoms with Crippen molar-refractivity contribution in [1.82, 2.24) is 35.3 Å².